The Balaban J connectivity index is 1.32. The lowest BCUT2D eigenvalue weighted by molar-refractivity contribution is -0.124. The van der Waals surface area contributed by atoms with Crippen molar-refractivity contribution < 1.29 is 4.79 Å². The monoisotopic (exact) mass is 559 g/mol. The van der Waals surface area contributed by atoms with Gasteiger partial charge in [-0.2, -0.15) is 0 Å². The molecule has 2 aliphatic heterocycles. The van der Waals surface area contributed by atoms with Crippen molar-refractivity contribution in [2.24, 2.45) is 0 Å². The van der Waals surface area contributed by atoms with Crippen LogP contribution in [0, 0.1) is 6.92 Å². The van der Waals surface area contributed by atoms with E-state index < -0.39 is 0 Å². The van der Waals surface area contributed by atoms with E-state index in [0.29, 0.717) is 26.3 Å². The summed E-state index contributed by atoms with van der Waals surface area (Å²) in [6.07, 6.45) is 8.99. The van der Waals surface area contributed by atoms with Gasteiger partial charge in [0, 0.05) is 45.0 Å². The van der Waals surface area contributed by atoms with E-state index in [0.717, 1.165) is 64.0 Å². The molecule has 39 heavy (non-hydrogen) atoms. The van der Waals surface area contributed by atoms with Crippen molar-refractivity contribution in [3.05, 3.63) is 80.6 Å². The maximum Gasteiger partial charge on any atom is 0.267 e. The van der Waals surface area contributed by atoms with E-state index in [1.54, 1.807) is 15.4 Å². The normalized spacial score (nSPS) is 20.5. The first-order valence-corrected chi connectivity index (χ1v) is 15.0. The predicted molar refractivity (Wildman–Crippen MR) is 162 cm³/mol. The molecule has 0 radical (unpaired) electrons. The number of amides is 1. The third kappa shape index (κ3) is 5.40. The van der Waals surface area contributed by atoms with E-state index in [2.05, 4.69) is 34.1 Å². The average Bonchev–Trinajstić information content (AvgIpc) is 3.24. The SMILES string of the molecule is Cc1ccc2nc(N3CCN(Cc4ccccc4)CC3)c(/C=C3/SC(=S)N(C4CCCCC4)C3=O)c(=O)n2c1. The molecule has 3 fully saturated rings. The maximum atomic E-state index is 13.9. The fraction of sp³-hybridized carbons (Fsp3) is 0.400. The lowest BCUT2D eigenvalue weighted by atomic mass is 9.94. The Hall–Kier alpha value is -3.01. The molecule has 2 saturated heterocycles. The van der Waals surface area contributed by atoms with Crippen molar-refractivity contribution in [2.45, 2.75) is 51.6 Å². The maximum absolute atomic E-state index is 13.9. The van der Waals surface area contributed by atoms with Crippen LogP contribution in [0.25, 0.3) is 11.7 Å². The number of piperazine rings is 1. The summed E-state index contributed by atoms with van der Waals surface area (Å²) in [6, 6.07) is 14.5. The number of fused-ring (bicyclic) bond motifs is 1. The van der Waals surface area contributed by atoms with E-state index >= 15 is 0 Å². The molecule has 6 rings (SSSR count). The zero-order chi connectivity index (χ0) is 26.9. The number of aryl methyl sites for hydroxylation is 1. The largest absolute Gasteiger partial charge is 0.353 e. The first-order chi connectivity index (χ1) is 19.0. The van der Waals surface area contributed by atoms with Crippen LogP contribution >= 0.6 is 24.0 Å². The summed E-state index contributed by atoms with van der Waals surface area (Å²) < 4.78 is 2.19. The summed E-state index contributed by atoms with van der Waals surface area (Å²) >= 11 is 6.97. The summed E-state index contributed by atoms with van der Waals surface area (Å²) in [5.74, 6) is 0.565. The standard InChI is InChI=1S/C30H33N5O2S2/c1-21-12-13-26-31-27(33-16-14-32(15-17-33)20-22-8-4-2-5-9-22)24(28(36)34(26)19-21)18-25-29(37)35(30(38)39-25)23-10-6-3-7-11-23/h2,4-5,8-9,12-13,18-19,23H,3,6-7,10-11,14-17,20H2,1H3/b25-18+. The number of hydrogen-bond donors (Lipinski definition) is 0. The molecule has 4 heterocycles. The van der Waals surface area contributed by atoms with Crippen LogP contribution in [-0.2, 0) is 11.3 Å². The number of hydrogen-bond acceptors (Lipinski definition) is 7. The Morgan fingerprint density at radius 2 is 1.74 bits per heavy atom. The van der Waals surface area contributed by atoms with Crippen molar-refractivity contribution in [3.63, 3.8) is 0 Å². The molecule has 1 amide bonds. The average molecular weight is 560 g/mol. The van der Waals surface area contributed by atoms with Gasteiger partial charge in [-0.1, -0.05) is 79.6 Å². The highest BCUT2D eigenvalue weighted by Crippen LogP contribution is 2.38. The summed E-state index contributed by atoms with van der Waals surface area (Å²) in [5.41, 5.74) is 3.18. The molecule has 0 N–H and O–H groups in total. The van der Waals surface area contributed by atoms with Gasteiger partial charge in [0.1, 0.15) is 15.8 Å². The van der Waals surface area contributed by atoms with E-state index in [-0.39, 0.29) is 17.5 Å². The number of nitrogens with zero attached hydrogens (tertiary/aromatic N) is 5. The number of thioether (sulfide) groups is 1. The van der Waals surface area contributed by atoms with Crippen molar-refractivity contribution in [1.29, 1.82) is 0 Å². The second-order valence-corrected chi connectivity index (χ2v) is 12.4. The second-order valence-electron chi connectivity index (χ2n) is 10.7. The number of thiocarbonyl (C=S) groups is 1. The molecule has 2 aromatic heterocycles. The Kier molecular flexibility index (Phi) is 7.55. The zero-order valence-electron chi connectivity index (χ0n) is 22.2. The van der Waals surface area contributed by atoms with Crippen LogP contribution in [-0.4, -0.2) is 61.6 Å². The molecule has 3 aliphatic rings. The van der Waals surface area contributed by atoms with Gasteiger partial charge in [0.05, 0.1) is 10.5 Å². The molecule has 7 nitrogen and oxygen atoms in total. The topological polar surface area (TPSA) is 61.2 Å². The van der Waals surface area contributed by atoms with Gasteiger partial charge in [-0.3, -0.25) is 23.8 Å². The molecular weight excluding hydrogens is 526 g/mol. The molecule has 9 heteroatoms. The van der Waals surface area contributed by atoms with Crippen LogP contribution in [0.3, 0.4) is 0 Å². The van der Waals surface area contributed by atoms with Gasteiger partial charge < -0.3 is 4.90 Å². The molecule has 0 bridgehead atoms. The fourth-order valence-electron chi connectivity index (χ4n) is 5.84. The summed E-state index contributed by atoms with van der Waals surface area (Å²) in [4.78, 5) is 39.3. The van der Waals surface area contributed by atoms with Crippen LogP contribution in [0.1, 0.15) is 48.8 Å². The Labute approximate surface area is 238 Å². The van der Waals surface area contributed by atoms with E-state index in [9.17, 15) is 9.59 Å². The zero-order valence-corrected chi connectivity index (χ0v) is 23.8. The Morgan fingerprint density at radius 1 is 1.00 bits per heavy atom. The molecule has 1 aliphatic carbocycles. The number of aromatic nitrogens is 2. The molecular formula is C30H33N5O2S2. The second kappa shape index (κ2) is 11.2. The molecule has 0 spiro atoms. The number of pyridine rings is 1. The van der Waals surface area contributed by atoms with E-state index in [4.69, 9.17) is 17.2 Å². The first kappa shape index (κ1) is 26.2. The fourth-order valence-corrected chi connectivity index (χ4v) is 7.22. The van der Waals surface area contributed by atoms with Gasteiger partial charge in [-0.05, 0) is 43.0 Å². The third-order valence-electron chi connectivity index (χ3n) is 7.95. The smallest absolute Gasteiger partial charge is 0.267 e. The minimum Gasteiger partial charge on any atom is -0.353 e. The Bertz CT molecular complexity index is 1490. The van der Waals surface area contributed by atoms with Crippen LogP contribution in [0.5, 0.6) is 0 Å². The van der Waals surface area contributed by atoms with Gasteiger partial charge in [0.2, 0.25) is 0 Å². The minimum atomic E-state index is -0.159. The molecule has 3 aromatic rings. The van der Waals surface area contributed by atoms with E-state index in [1.165, 1.54) is 23.7 Å². The molecule has 1 saturated carbocycles. The van der Waals surface area contributed by atoms with Crippen LogP contribution < -0.4 is 10.5 Å². The lowest BCUT2D eigenvalue weighted by Gasteiger charge is -2.36. The minimum absolute atomic E-state index is 0.0794. The summed E-state index contributed by atoms with van der Waals surface area (Å²) in [7, 11) is 0. The quantitative estimate of drug-likeness (QED) is 0.327. The van der Waals surface area contributed by atoms with Gasteiger partial charge in [-0.15, -0.1) is 0 Å². The number of rotatable bonds is 5. The third-order valence-corrected chi connectivity index (χ3v) is 9.28. The number of carbonyl (C=O) groups is 1. The first-order valence-electron chi connectivity index (χ1n) is 13.8. The Morgan fingerprint density at radius 3 is 2.49 bits per heavy atom. The van der Waals surface area contributed by atoms with E-state index in [1.807, 2.05) is 31.3 Å². The van der Waals surface area contributed by atoms with Gasteiger partial charge in [0.15, 0.2) is 0 Å². The number of benzene rings is 1. The van der Waals surface area contributed by atoms with Crippen LogP contribution in [0.2, 0.25) is 0 Å². The van der Waals surface area contributed by atoms with Crippen molar-refractivity contribution >= 4 is 51.7 Å². The van der Waals surface area contributed by atoms with Gasteiger partial charge in [0.25, 0.3) is 11.5 Å². The van der Waals surface area contributed by atoms with Crippen molar-refractivity contribution in [1.82, 2.24) is 19.2 Å². The van der Waals surface area contributed by atoms with Crippen LogP contribution in [0.15, 0.2) is 58.4 Å². The highest BCUT2D eigenvalue weighted by molar-refractivity contribution is 8.26. The predicted octanol–water partition coefficient (Wildman–Crippen LogP) is 4.86. The van der Waals surface area contributed by atoms with Gasteiger partial charge >= 0.3 is 0 Å². The van der Waals surface area contributed by atoms with Crippen molar-refractivity contribution in [3.8, 4) is 0 Å². The highest BCUT2D eigenvalue weighted by Gasteiger charge is 2.38. The number of carbonyl (C=O) groups excluding carboxylic acids is 1. The molecule has 202 valence electrons. The lowest BCUT2D eigenvalue weighted by Crippen LogP contribution is -2.47. The van der Waals surface area contributed by atoms with Crippen molar-refractivity contribution in [2.75, 3.05) is 31.1 Å². The molecule has 0 atom stereocenters. The van der Waals surface area contributed by atoms with Gasteiger partial charge in [-0.25, -0.2) is 4.98 Å². The molecule has 0 unspecified atom stereocenters. The summed E-state index contributed by atoms with van der Waals surface area (Å²) in [5, 5.41) is 0. The molecule has 1 aromatic carbocycles. The number of anilines is 1. The highest BCUT2D eigenvalue weighted by atomic mass is 32.2. The summed E-state index contributed by atoms with van der Waals surface area (Å²) in [6.45, 7) is 6.11. The van der Waals surface area contributed by atoms with Crippen LogP contribution in [0.4, 0.5) is 5.82 Å².